The standard InChI is InChI=1S/C18H21ClF3N5O/c1-11(2)26-7-5-13(6-8-26)25-14-10-24-27(17(28)16(14)19)15-4-3-12(9-23-15)18(20,21)22/h3-4,9-11,13,25H,5-8H2,1-2H3. The Hall–Kier alpha value is -2.13. The summed E-state index contributed by atoms with van der Waals surface area (Å²) >= 11 is 6.20. The van der Waals surface area contributed by atoms with E-state index in [2.05, 4.69) is 34.1 Å². The molecule has 1 fully saturated rings. The quantitative estimate of drug-likeness (QED) is 0.826. The number of rotatable bonds is 4. The number of pyridine rings is 1. The van der Waals surface area contributed by atoms with Gasteiger partial charge in [0.25, 0.3) is 5.56 Å². The number of halogens is 4. The third-order valence-electron chi connectivity index (χ3n) is 4.83. The molecule has 0 bridgehead atoms. The van der Waals surface area contributed by atoms with Crippen LogP contribution in [0.15, 0.2) is 29.3 Å². The molecule has 0 atom stereocenters. The van der Waals surface area contributed by atoms with Gasteiger partial charge in [-0.3, -0.25) is 4.79 Å². The van der Waals surface area contributed by atoms with Crippen molar-refractivity contribution in [3.05, 3.63) is 45.5 Å². The van der Waals surface area contributed by atoms with Gasteiger partial charge in [-0.1, -0.05) is 11.6 Å². The molecule has 3 rings (SSSR count). The first kappa shape index (κ1) is 20.6. The van der Waals surface area contributed by atoms with Crippen molar-refractivity contribution in [3.63, 3.8) is 0 Å². The smallest absolute Gasteiger partial charge is 0.380 e. The first-order valence-electron chi connectivity index (χ1n) is 8.99. The molecule has 28 heavy (non-hydrogen) atoms. The number of hydrogen-bond acceptors (Lipinski definition) is 5. The molecule has 0 amide bonds. The molecule has 0 spiro atoms. The van der Waals surface area contributed by atoms with Crippen molar-refractivity contribution in [1.82, 2.24) is 19.7 Å². The van der Waals surface area contributed by atoms with Crippen molar-refractivity contribution >= 4 is 17.3 Å². The van der Waals surface area contributed by atoms with Crippen molar-refractivity contribution in [2.45, 2.75) is 44.9 Å². The molecule has 0 aromatic carbocycles. The summed E-state index contributed by atoms with van der Waals surface area (Å²) in [5, 5.41) is 7.20. The lowest BCUT2D eigenvalue weighted by molar-refractivity contribution is -0.137. The van der Waals surface area contributed by atoms with Gasteiger partial charge >= 0.3 is 6.18 Å². The van der Waals surface area contributed by atoms with E-state index in [0.717, 1.165) is 42.7 Å². The zero-order chi connectivity index (χ0) is 20.5. The van der Waals surface area contributed by atoms with E-state index >= 15 is 0 Å². The van der Waals surface area contributed by atoms with E-state index in [0.29, 0.717) is 17.9 Å². The van der Waals surface area contributed by atoms with E-state index in [4.69, 9.17) is 11.6 Å². The highest BCUT2D eigenvalue weighted by Gasteiger charge is 2.31. The van der Waals surface area contributed by atoms with Gasteiger partial charge in [-0.25, -0.2) is 4.98 Å². The fraction of sp³-hybridized carbons (Fsp3) is 0.500. The maximum absolute atomic E-state index is 12.7. The van der Waals surface area contributed by atoms with Crippen LogP contribution in [0.25, 0.3) is 5.82 Å². The summed E-state index contributed by atoms with van der Waals surface area (Å²) < 4.78 is 38.8. The molecule has 1 N–H and O–H groups in total. The molecule has 1 aliphatic heterocycles. The van der Waals surface area contributed by atoms with Crippen LogP contribution in [0.3, 0.4) is 0 Å². The minimum atomic E-state index is -4.50. The molecule has 0 radical (unpaired) electrons. The van der Waals surface area contributed by atoms with Crippen LogP contribution in [0.4, 0.5) is 18.9 Å². The van der Waals surface area contributed by atoms with Crippen LogP contribution in [0.1, 0.15) is 32.3 Å². The van der Waals surface area contributed by atoms with Crippen LogP contribution >= 0.6 is 11.6 Å². The fourth-order valence-electron chi connectivity index (χ4n) is 3.16. The second-order valence-corrected chi connectivity index (χ2v) is 7.42. The van der Waals surface area contributed by atoms with Crippen LogP contribution in [0.2, 0.25) is 5.02 Å². The first-order chi connectivity index (χ1) is 13.2. The Kier molecular flexibility index (Phi) is 5.95. The number of hydrogen-bond donors (Lipinski definition) is 1. The Morgan fingerprint density at radius 3 is 2.43 bits per heavy atom. The highest BCUT2D eigenvalue weighted by atomic mass is 35.5. The van der Waals surface area contributed by atoms with Gasteiger partial charge in [0.05, 0.1) is 17.4 Å². The predicted octanol–water partition coefficient (Wildman–Crippen LogP) is 3.58. The van der Waals surface area contributed by atoms with Gasteiger partial charge < -0.3 is 10.2 Å². The Balaban J connectivity index is 1.76. The summed E-state index contributed by atoms with van der Waals surface area (Å²) in [6.45, 7) is 6.22. The molecule has 6 nitrogen and oxygen atoms in total. The molecular formula is C18H21ClF3N5O. The summed E-state index contributed by atoms with van der Waals surface area (Å²) in [6.07, 6.45) is -0.611. The number of piperidine rings is 1. The minimum Gasteiger partial charge on any atom is -0.380 e. The van der Waals surface area contributed by atoms with Gasteiger partial charge in [-0.15, -0.1) is 0 Å². The number of alkyl halides is 3. The van der Waals surface area contributed by atoms with Crippen LogP contribution in [-0.4, -0.2) is 44.8 Å². The maximum Gasteiger partial charge on any atom is 0.417 e. The van der Waals surface area contributed by atoms with Gasteiger partial charge in [0, 0.05) is 31.4 Å². The van der Waals surface area contributed by atoms with Crippen LogP contribution in [-0.2, 0) is 6.18 Å². The van der Waals surface area contributed by atoms with E-state index in [-0.39, 0.29) is 16.9 Å². The van der Waals surface area contributed by atoms with Crippen LogP contribution < -0.4 is 10.9 Å². The average molecular weight is 416 g/mol. The number of anilines is 1. The Labute approximate surface area is 165 Å². The lowest BCUT2D eigenvalue weighted by Crippen LogP contribution is -2.42. The van der Waals surface area contributed by atoms with E-state index in [1.165, 1.54) is 6.20 Å². The summed E-state index contributed by atoms with van der Waals surface area (Å²) in [7, 11) is 0. The third kappa shape index (κ3) is 4.47. The van der Waals surface area contributed by atoms with Crippen molar-refractivity contribution in [2.24, 2.45) is 0 Å². The molecular weight excluding hydrogens is 395 g/mol. The van der Waals surface area contributed by atoms with Gasteiger partial charge in [-0.05, 0) is 38.8 Å². The summed E-state index contributed by atoms with van der Waals surface area (Å²) in [5.74, 6) is -0.0308. The second-order valence-electron chi connectivity index (χ2n) is 7.04. The minimum absolute atomic E-state index is 0.0308. The molecule has 152 valence electrons. The molecule has 10 heteroatoms. The van der Waals surface area contributed by atoms with Gasteiger partial charge in [-0.2, -0.15) is 23.0 Å². The number of aromatic nitrogens is 3. The topological polar surface area (TPSA) is 63.1 Å². The largest absolute Gasteiger partial charge is 0.417 e. The van der Waals surface area contributed by atoms with Crippen LogP contribution in [0.5, 0.6) is 0 Å². The lowest BCUT2D eigenvalue weighted by atomic mass is 10.0. The molecule has 0 aliphatic carbocycles. The molecule has 2 aromatic heterocycles. The van der Waals surface area contributed by atoms with Crippen molar-refractivity contribution < 1.29 is 13.2 Å². The molecule has 1 saturated heterocycles. The van der Waals surface area contributed by atoms with Gasteiger partial charge in [0.1, 0.15) is 5.02 Å². The maximum atomic E-state index is 12.7. The molecule has 0 saturated carbocycles. The highest BCUT2D eigenvalue weighted by Crippen LogP contribution is 2.28. The fourth-order valence-corrected chi connectivity index (χ4v) is 3.34. The second kappa shape index (κ2) is 8.08. The molecule has 0 unspecified atom stereocenters. The highest BCUT2D eigenvalue weighted by molar-refractivity contribution is 6.32. The molecule has 3 heterocycles. The number of nitrogens with zero attached hydrogens (tertiary/aromatic N) is 4. The van der Waals surface area contributed by atoms with E-state index < -0.39 is 17.3 Å². The van der Waals surface area contributed by atoms with E-state index in [9.17, 15) is 18.0 Å². The van der Waals surface area contributed by atoms with Gasteiger partial charge in [0.2, 0.25) is 0 Å². The number of likely N-dealkylation sites (tertiary alicyclic amines) is 1. The van der Waals surface area contributed by atoms with E-state index in [1.807, 2.05) is 0 Å². The first-order valence-corrected chi connectivity index (χ1v) is 9.36. The van der Waals surface area contributed by atoms with E-state index in [1.54, 1.807) is 0 Å². The van der Waals surface area contributed by atoms with Crippen molar-refractivity contribution in [2.75, 3.05) is 18.4 Å². The Morgan fingerprint density at radius 2 is 1.89 bits per heavy atom. The Morgan fingerprint density at radius 1 is 1.21 bits per heavy atom. The third-order valence-corrected chi connectivity index (χ3v) is 5.20. The zero-order valence-electron chi connectivity index (χ0n) is 15.5. The van der Waals surface area contributed by atoms with Crippen LogP contribution in [0, 0.1) is 0 Å². The summed E-state index contributed by atoms with van der Waals surface area (Å²) in [5.41, 5.74) is -1.13. The van der Waals surface area contributed by atoms with Crippen molar-refractivity contribution in [3.8, 4) is 5.82 Å². The normalized spacial score (nSPS) is 16.5. The summed E-state index contributed by atoms with van der Waals surface area (Å²) in [4.78, 5) is 18.6. The molecule has 2 aromatic rings. The van der Waals surface area contributed by atoms with Crippen molar-refractivity contribution in [1.29, 1.82) is 0 Å². The summed E-state index contributed by atoms with van der Waals surface area (Å²) in [6, 6.07) is 2.60. The molecule has 1 aliphatic rings. The average Bonchev–Trinajstić information content (AvgIpc) is 2.65. The van der Waals surface area contributed by atoms with Gasteiger partial charge in [0.15, 0.2) is 5.82 Å². The lowest BCUT2D eigenvalue weighted by Gasteiger charge is -2.35. The monoisotopic (exact) mass is 415 g/mol. The predicted molar refractivity (Wildman–Crippen MR) is 101 cm³/mol. The SMILES string of the molecule is CC(C)N1CCC(Nc2cnn(-c3ccc(C(F)(F)F)cn3)c(=O)c2Cl)CC1. The number of nitrogens with one attached hydrogen (secondary N) is 1. The zero-order valence-corrected chi connectivity index (χ0v) is 16.3. The Bertz CT molecular complexity index is 874.